The van der Waals surface area contributed by atoms with Gasteiger partial charge in [0.1, 0.15) is 5.52 Å². The van der Waals surface area contributed by atoms with E-state index in [-0.39, 0.29) is 5.91 Å². The molecule has 0 saturated carbocycles. The number of nitrogens with one attached hydrogen (secondary N) is 1. The number of hydrogen-bond donors (Lipinski definition) is 1. The van der Waals surface area contributed by atoms with Gasteiger partial charge in [-0.05, 0) is 41.5 Å². The van der Waals surface area contributed by atoms with E-state index < -0.39 is 0 Å². The minimum Gasteiger partial charge on any atom is -0.436 e. The maximum Gasteiger partial charge on any atom is 0.227 e. The predicted molar refractivity (Wildman–Crippen MR) is 105 cm³/mol. The van der Waals surface area contributed by atoms with Crippen molar-refractivity contribution >= 4 is 33.5 Å². The third-order valence-electron chi connectivity index (χ3n) is 4.45. The molecule has 1 amide bonds. The van der Waals surface area contributed by atoms with Crippen LogP contribution < -0.4 is 5.32 Å². The molecule has 0 radical (unpaired) electrons. The fourth-order valence-electron chi connectivity index (χ4n) is 3.09. The molecule has 0 fully saturated rings. The standard InChI is InChI=1S/C22H20N2O2/c1-2-3-11-21(25)23-16-12-13-20-19(14-16)24-22(26-20)18-10-6-8-15-7-4-5-9-17(15)18/h4-10,12-14H,2-3,11H2,1H3,(H,23,25). The number of hydrogen-bond acceptors (Lipinski definition) is 3. The Morgan fingerprint density at radius 1 is 1.08 bits per heavy atom. The number of nitrogens with zero attached hydrogens (tertiary/aromatic N) is 1. The number of amides is 1. The number of unbranched alkanes of at least 4 members (excludes halogenated alkanes) is 1. The highest BCUT2D eigenvalue weighted by Gasteiger charge is 2.12. The molecule has 0 aliphatic heterocycles. The number of fused-ring (bicyclic) bond motifs is 2. The summed E-state index contributed by atoms with van der Waals surface area (Å²) < 4.78 is 5.96. The van der Waals surface area contributed by atoms with Crippen LogP contribution in [0.15, 0.2) is 65.1 Å². The second kappa shape index (κ2) is 7.00. The number of benzene rings is 3. The van der Waals surface area contributed by atoms with Crippen LogP contribution in [0.3, 0.4) is 0 Å². The molecule has 4 aromatic rings. The quantitative estimate of drug-likeness (QED) is 0.499. The molecule has 1 aromatic heterocycles. The minimum absolute atomic E-state index is 0.0315. The first-order chi connectivity index (χ1) is 12.7. The summed E-state index contributed by atoms with van der Waals surface area (Å²) in [5.41, 5.74) is 3.16. The second-order valence-electron chi connectivity index (χ2n) is 6.38. The predicted octanol–water partition coefficient (Wildman–Crippen LogP) is 5.78. The van der Waals surface area contributed by atoms with E-state index >= 15 is 0 Å². The van der Waals surface area contributed by atoms with Gasteiger partial charge >= 0.3 is 0 Å². The third kappa shape index (κ3) is 3.18. The van der Waals surface area contributed by atoms with Crippen molar-refractivity contribution in [3.05, 3.63) is 60.7 Å². The molecular weight excluding hydrogens is 324 g/mol. The lowest BCUT2D eigenvalue weighted by molar-refractivity contribution is -0.116. The van der Waals surface area contributed by atoms with Crippen LogP contribution in [0, 0.1) is 0 Å². The SMILES string of the molecule is CCCCC(=O)Nc1ccc2oc(-c3cccc4ccccc34)nc2c1. The van der Waals surface area contributed by atoms with Gasteiger partial charge in [0.05, 0.1) is 0 Å². The fourth-order valence-corrected chi connectivity index (χ4v) is 3.09. The lowest BCUT2D eigenvalue weighted by Gasteiger charge is -2.03. The molecule has 0 bridgehead atoms. The van der Waals surface area contributed by atoms with E-state index in [1.807, 2.05) is 42.5 Å². The average Bonchev–Trinajstić information content (AvgIpc) is 3.09. The van der Waals surface area contributed by atoms with Crippen LogP contribution in [-0.2, 0) is 4.79 Å². The van der Waals surface area contributed by atoms with Crippen molar-refractivity contribution in [3.8, 4) is 11.5 Å². The number of rotatable bonds is 5. The molecule has 1 heterocycles. The smallest absolute Gasteiger partial charge is 0.227 e. The zero-order valence-corrected chi connectivity index (χ0v) is 14.7. The first-order valence-corrected chi connectivity index (χ1v) is 8.93. The highest BCUT2D eigenvalue weighted by molar-refractivity contribution is 5.96. The first-order valence-electron chi connectivity index (χ1n) is 8.93. The number of oxazole rings is 1. The molecule has 0 atom stereocenters. The molecule has 130 valence electrons. The number of aromatic nitrogens is 1. The molecule has 0 spiro atoms. The van der Waals surface area contributed by atoms with Crippen molar-refractivity contribution in [2.24, 2.45) is 0 Å². The Morgan fingerprint density at radius 3 is 2.81 bits per heavy atom. The van der Waals surface area contributed by atoms with Gasteiger partial charge in [-0.25, -0.2) is 4.98 Å². The number of carbonyl (C=O) groups excluding carboxylic acids is 1. The number of carbonyl (C=O) groups is 1. The zero-order chi connectivity index (χ0) is 17.9. The van der Waals surface area contributed by atoms with Crippen LogP contribution in [0.4, 0.5) is 5.69 Å². The van der Waals surface area contributed by atoms with Crippen molar-refractivity contribution in [3.63, 3.8) is 0 Å². The summed E-state index contributed by atoms with van der Waals surface area (Å²) in [5.74, 6) is 0.621. The van der Waals surface area contributed by atoms with E-state index in [0.717, 1.165) is 40.4 Å². The maximum absolute atomic E-state index is 11.9. The van der Waals surface area contributed by atoms with E-state index in [1.54, 1.807) is 0 Å². The van der Waals surface area contributed by atoms with Crippen LogP contribution >= 0.6 is 0 Å². The Kier molecular flexibility index (Phi) is 4.40. The lowest BCUT2D eigenvalue weighted by Crippen LogP contribution is -2.10. The van der Waals surface area contributed by atoms with Gasteiger partial charge in [0, 0.05) is 17.7 Å². The Bertz CT molecular complexity index is 1080. The molecule has 0 aliphatic rings. The highest BCUT2D eigenvalue weighted by Crippen LogP contribution is 2.31. The molecule has 4 rings (SSSR count). The van der Waals surface area contributed by atoms with Crippen molar-refractivity contribution in [2.75, 3.05) is 5.32 Å². The van der Waals surface area contributed by atoms with Crippen molar-refractivity contribution < 1.29 is 9.21 Å². The molecule has 1 N–H and O–H groups in total. The number of anilines is 1. The van der Waals surface area contributed by atoms with Crippen molar-refractivity contribution in [1.82, 2.24) is 4.98 Å². The van der Waals surface area contributed by atoms with Gasteiger partial charge in [-0.15, -0.1) is 0 Å². The minimum atomic E-state index is 0.0315. The molecule has 4 nitrogen and oxygen atoms in total. The van der Waals surface area contributed by atoms with Crippen molar-refractivity contribution in [2.45, 2.75) is 26.2 Å². The summed E-state index contributed by atoms with van der Waals surface area (Å²) in [5, 5.41) is 5.18. The topological polar surface area (TPSA) is 55.1 Å². The fraction of sp³-hybridized carbons (Fsp3) is 0.182. The third-order valence-corrected chi connectivity index (χ3v) is 4.45. The summed E-state index contributed by atoms with van der Waals surface area (Å²) in [4.78, 5) is 16.6. The van der Waals surface area contributed by atoms with Gasteiger partial charge in [-0.2, -0.15) is 0 Å². The second-order valence-corrected chi connectivity index (χ2v) is 6.38. The van der Waals surface area contributed by atoms with Gasteiger partial charge in [0.15, 0.2) is 5.58 Å². The Balaban J connectivity index is 1.68. The molecule has 0 aliphatic carbocycles. The Hall–Kier alpha value is -3.14. The molecule has 0 saturated heterocycles. The normalized spacial score (nSPS) is 11.1. The van der Waals surface area contributed by atoms with Crippen LogP contribution in [0.25, 0.3) is 33.3 Å². The zero-order valence-electron chi connectivity index (χ0n) is 14.7. The monoisotopic (exact) mass is 344 g/mol. The Morgan fingerprint density at radius 2 is 1.92 bits per heavy atom. The van der Waals surface area contributed by atoms with E-state index in [0.29, 0.717) is 17.9 Å². The van der Waals surface area contributed by atoms with Crippen LogP contribution in [0.5, 0.6) is 0 Å². The molecule has 26 heavy (non-hydrogen) atoms. The van der Waals surface area contributed by atoms with Gasteiger partial charge in [-0.3, -0.25) is 4.79 Å². The summed E-state index contributed by atoms with van der Waals surface area (Å²) in [7, 11) is 0. The van der Waals surface area contributed by atoms with Crippen LogP contribution in [0.1, 0.15) is 26.2 Å². The van der Waals surface area contributed by atoms with Crippen LogP contribution in [0.2, 0.25) is 0 Å². The molecule has 3 aromatic carbocycles. The van der Waals surface area contributed by atoms with E-state index in [4.69, 9.17) is 4.42 Å². The summed E-state index contributed by atoms with van der Waals surface area (Å²) in [6.07, 6.45) is 2.43. The molecule has 4 heteroatoms. The summed E-state index contributed by atoms with van der Waals surface area (Å²) >= 11 is 0. The van der Waals surface area contributed by atoms with Gasteiger partial charge in [-0.1, -0.05) is 49.7 Å². The average molecular weight is 344 g/mol. The summed E-state index contributed by atoms with van der Waals surface area (Å²) in [6, 6.07) is 19.8. The highest BCUT2D eigenvalue weighted by atomic mass is 16.3. The van der Waals surface area contributed by atoms with Gasteiger partial charge < -0.3 is 9.73 Å². The van der Waals surface area contributed by atoms with Gasteiger partial charge in [0.25, 0.3) is 0 Å². The van der Waals surface area contributed by atoms with Crippen LogP contribution in [-0.4, -0.2) is 10.9 Å². The van der Waals surface area contributed by atoms with Crippen molar-refractivity contribution in [1.29, 1.82) is 0 Å². The van der Waals surface area contributed by atoms with Gasteiger partial charge in [0.2, 0.25) is 11.8 Å². The molecular formula is C22H20N2O2. The maximum atomic E-state index is 11.9. The summed E-state index contributed by atoms with van der Waals surface area (Å²) in [6.45, 7) is 2.07. The van der Waals surface area contributed by atoms with E-state index in [9.17, 15) is 4.79 Å². The van der Waals surface area contributed by atoms with E-state index in [2.05, 4.69) is 35.4 Å². The Labute approximate surface area is 151 Å². The lowest BCUT2D eigenvalue weighted by atomic mass is 10.0. The molecule has 0 unspecified atom stereocenters. The largest absolute Gasteiger partial charge is 0.436 e. The first kappa shape index (κ1) is 16.3. The van der Waals surface area contributed by atoms with E-state index in [1.165, 1.54) is 0 Å².